The highest BCUT2D eigenvalue weighted by molar-refractivity contribution is 5.97. The number of ether oxygens (including phenoxy) is 1. The smallest absolute Gasteiger partial charge is 0.311 e. The first-order chi connectivity index (χ1) is 10.7. The molecule has 110 valence electrons. The largest absolute Gasteiger partial charge is 0.497 e. The van der Waals surface area contributed by atoms with Crippen LogP contribution in [0.5, 0.6) is 5.75 Å². The average Bonchev–Trinajstić information content (AvgIpc) is 2.55. The number of fused-ring (bicyclic) bond motifs is 1. The Balaban J connectivity index is 2.10. The van der Waals surface area contributed by atoms with Crippen LogP contribution in [0.25, 0.3) is 10.9 Å². The van der Waals surface area contributed by atoms with E-state index in [0.29, 0.717) is 16.6 Å². The van der Waals surface area contributed by atoms with Crippen molar-refractivity contribution in [3.8, 4) is 5.75 Å². The fraction of sp³-hybridized carbons (Fsp3) is 0.0625. The van der Waals surface area contributed by atoms with Gasteiger partial charge in [0.1, 0.15) is 17.6 Å². The number of pyridine rings is 1. The number of hydrogen-bond acceptors (Lipinski definition) is 5. The Bertz CT molecular complexity index is 832. The van der Waals surface area contributed by atoms with Gasteiger partial charge in [0.25, 0.3) is 0 Å². The second kappa shape index (κ2) is 5.69. The zero-order valence-electron chi connectivity index (χ0n) is 11.8. The Labute approximate surface area is 126 Å². The molecule has 0 unspecified atom stereocenters. The second-order valence-corrected chi connectivity index (χ2v) is 4.65. The molecule has 2 aromatic carbocycles. The Hall–Kier alpha value is -3.15. The van der Waals surface area contributed by atoms with E-state index < -0.39 is 4.92 Å². The van der Waals surface area contributed by atoms with E-state index >= 15 is 0 Å². The second-order valence-electron chi connectivity index (χ2n) is 4.65. The van der Waals surface area contributed by atoms with E-state index in [1.807, 2.05) is 18.2 Å². The summed E-state index contributed by atoms with van der Waals surface area (Å²) in [5.41, 5.74) is 1.81. The lowest BCUT2D eigenvalue weighted by molar-refractivity contribution is -0.384. The minimum absolute atomic E-state index is 0.0606. The molecule has 22 heavy (non-hydrogen) atoms. The van der Waals surface area contributed by atoms with Crippen molar-refractivity contribution < 1.29 is 9.66 Å². The monoisotopic (exact) mass is 295 g/mol. The SMILES string of the molecule is COc1ccc(Nc2c([N+](=O)[O-])cnc3ccccc23)cc1. The number of nitrogens with zero attached hydrogens (tertiary/aromatic N) is 2. The number of nitrogens with one attached hydrogen (secondary N) is 1. The van der Waals surface area contributed by atoms with Crippen LogP contribution in [-0.4, -0.2) is 17.0 Å². The van der Waals surface area contributed by atoms with Gasteiger partial charge < -0.3 is 10.1 Å². The van der Waals surface area contributed by atoms with Crippen LogP contribution in [0.4, 0.5) is 17.1 Å². The van der Waals surface area contributed by atoms with Gasteiger partial charge in [0.05, 0.1) is 17.5 Å². The lowest BCUT2D eigenvalue weighted by atomic mass is 10.1. The highest BCUT2D eigenvalue weighted by Crippen LogP contribution is 2.34. The molecule has 0 saturated carbocycles. The summed E-state index contributed by atoms with van der Waals surface area (Å²) >= 11 is 0. The van der Waals surface area contributed by atoms with Gasteiger partial charge in [0.15, 0.2) is 0 Å². The first-order valence-electron chi connectivity index (χ1n) is 6.62. The van der Waals surface area contributed by atoms with Gasteiger partial charge in [0, 0.05) is 11.1 Å². The molecule has 0 saturated heterocycles. The number of para-hydroxylation sites is 1. The summed E-state index contributed by atoms with van der Waals surface area (Å²) in [6, 6.07) is 14.5. The molecule has 0 spiro atoms. The number of hydrogen-bond donors (Lipinski definition) is 1. The van der Waals surface area contributed by atoms with E-state index in [9.17, 15) is 10.1 Å². The number of anilines is 2. The summed E-state index contributed by atoms with van der Waals surface area (Å²) in [7, 11) is 1.59. The lowest BCUT2D eigenvalue weighted by Crippen LogP contribution is -1.99. The number of benzene rings is 2. The zero-order valence-corrected chi connectivity index (χ0v) is 11.8. The van der Waals surface area contributed by atoms with Crippen LogP contribution in [0.15, 0.2) is 54.7 Å². The van der Waals surface area contributed by atoms with Crippen molar-refractivity contribution in [2.45, 2.75) is 0 Å². The first kappa shape index (κ1) is 13.8. The fourth-order valence-electron chi connectivity index (χ4n) is 2.22. The molecular weight excluding hydrogens is 282 g/mol. The molecule has 3 aromatic rings. The average molecular weight is 295 g/mol. The maximum Gasteiger partial charge on any atom is 0.311 e. The third kappa shape index (κ3) is 2.54. The van der Waals surface area contributed by atoms with Gasteiger partial charge in [0.2, 0.25) is 0 Å². The van der Waals surface area contributed by atoms with E-state index in [0.717, 1.165) is 11.4 Å². The first-order valence-corrected chi connectivity index (χ1v) is 6.62. The van der Waals surface area contributed by atoms with E-state index in [4.69, 9.17) is 4.74 Å². The van der Waals surface area contributed by atoms with Crippen molar-refractivity contribution in [1.82, 2.24) is 4.98 Å². The quantitative estimate of drug-likeness (QED) is 0.583. The van der Waals surface area contributed by atoms with Crippen molar-refractivity contribution in [3.05, 3.63) is 64.8 Å². The highest BCUT2D eigenvalue weighted by atomic mass is 16.6. The number of methoxy groups -OCH3 is 1. The topological polar surface area (TPSA) is 77.3 Å². The van der Waals surface area contributed by atoms with Crippen LogP contribution in [-0.2, 0) is 0 Å². The molecule has 3 rings (SSSR count). The molecule has 1 heterocycles. The third-order valence-corrected chi connectivity index (χ3v) is 3.31. The van der Waals surface area contributed by atoms with Gasteiger partial charge in [-0.1, -0.05) is 18.2 Å². The van der Waals surface area contributed by atoms with Gasteiger partial charge in [-0.15, -0.1) is 0 Å². The van der Waals surface area contributed by atoms with Crippen molar-refractivity contribution in [2.24, 2.45) is 0 Å². The Morgan fingerprint density at radius 2 is 1.86 bits per heavy atom. The predicted octanol–water partition coefficient (Wildman–Crippen LogP) is 3.90. The molecule has 0 radical (unpaired) electrons. The maximum absolute atomic E-state index is 11.3. The molecule has 0 aliphatic rings. The molecule has 6 heteroatoms. The van der Waals surface area contributed by atoms with Crippen molar-refractivity contribution in [2.75, 3.05) is 12.4 Å². The van der Waals surface area contributed by atoms with Gasteiger partial charge in [-0.2, -0.15) is 0 Å². The Kier molecular flexibility index (Phi) is 3.57. The summed E-state index contributed by atoms with van der Waals surface area (Å²) in [6.07, 6.45) is 1.27. The van der Waals surface area contributed by atoms with Crippen LogP contribution in [0.2, 0.25) is 0 Å². The zero-order chi connectivity index (χ0) is 15.5. The highest BCUT2D eigenvalue weighted by Gasteiger charge is 2.18. The minimum atomic E-state index is -0.439. The third-order valence-electron chi connectivity index (χ3n) is 3.31. The molecule has 0 amide bonds. The molecule has 0 aliphatic heterocycles. The summed E-state index contributed by atoms with van der Waals surface area (Å²) < 4.78 is 5.11. The van der Waals surface area contributed by atoms with E-state index in [1.54, 1.807) is 37.4 Å². The predicted molar refractivity (Wildman–Crippen MR) is 84.7 cm³/mol. The van der Waals surface area contributed by atoms with Gasteiger partial charge >= 0.3 is 5.69 Å². The van der Waals surface area contributed by atoms with E-state index in [2.05, 4.69) is 10.3 Å². The van der Waals surface area contributed by atoms with Crippen molar-refractivity contribution in [1.29, 1.82) is 0 Å². The lowest BCUT2D eigenvalue weighted by Gasteiger charge is -2.10. The standard InChI is InChI=1S/C16H13N3O3/c1-22-12-8-6-11(7-9-12)18-16-13-4-2-3-5-14(13)17-10-15(16)19(20)21/h2-10H,1H3,(H,17,18). The summed E-state index contributed by atoms with van der Waals surface area (Å²) in [5, 5.41) is 15.1. The van der Waals surface area contributed by atoms with Crippen LogP contribution >= 0.6 is 0 Å². The van der Waals surface area contributed by atoms with Gasteiger partial charge in [-0.3, -0.25) is 10.1 Å². The van der Waals surface area contributed by atoms with Crippen molar-refractivity contribution in [3.63, 3.8) is 0 Å². The molecule has 6 nitrogen and oxygen atoms in total. The molecule has 0 bridgehead atoms. The van der Waals surface area contributed by atoms with Crippen LogP contribution in [0.1, 0.15) is 0 Å². The van der Waals surface area contributed by atoms with Crippen LogP contribution < -0.4 is 10.1 Å². The molecule has 1 aromatic heterocycles. The van der Waals surface area contributed by atoms with Gasteiger partial charge in [-0.25, -0.2) is 4.98 Å². The van der Waals surface area contributed by atoms with E-state index in [-0.39, 0.29) is 5.69 Å². The fourth-order valence-corrected chi connectivity index (χ4v) is 2.22. The molecular formula is C16H13N3O3. The number of nitro groups is 1. The number of rotatable bonds is 4. The van der Waals surface area contributed by atoms with Gasteiger partial charge in [-0.05, 0) is 30.3 Å². The maximum atomic E-state index is 11.3. The molecule has 0 fully saturated rings. The number of aromatic nitrogens is 1. The van der Waals surface area contributed by atoms with Crippen molar-refractivity contribution >= 4 is 28.0 Å². The Morgan fingerprint density at radius 1 is 1.14 bits per heavy atom. The summed E-state index contributed by atoms with van der Waals surface area (Å²) in [4.78, 5) is 15.0. The normalized spacial score (nSPS) is 10.4. The van der Waals surface area contributed by atoms with Crippen LogP contribution in [0, 0.1) is 10.1 Å². The molecule has 0 atom stereocenters. The Morgan fingerprint density at radius 3 is 2.55 bits per heavy atom. The minimum Gasteiger partial charge on any atom is -0.497 e. The summed E-state index contributed by atoms with van der Waals surface area (Å²) in [5.74, 6) is 0.722. The van der Waals surface area contributed by atoms with E-state index in [1.165, 1.54) is 6.20 Å². The van der Waals surface area contributed by atoms with Crippen LogP contribution in [0.3, 0.4) is 0 Å². The molecule has 1 N–H and O–H groups in total. The molecule has 0 aliphatic carbocycles. The summed E-state index contributed by atoms with van der Waals surface area (Å²) in [6.45, 7) is 0.